The van der Waals surface area contributed by atoms with Crippen LogP contribution in [0, 0.1) is 0 Å². The first-order valence-electron chi connectivity index (χ1n) is 14.8. The number of rotatable bonds is 10. The van der Waals surface area contributed by atoms with Crippen molar-refractivity contribution in [1.82, 2.24) is 10.3 Å². The van der Waals surface area contributed by atoms with E-state index in [1.54, 1.807) is 12.3 Å². The summed E-state index contributed by atoms with van der Waals surface area (Å²) < 4.78 is 62.9. The van der Waals surface area contributed by atoms with Crippen molar-refractivity contribution in [2.75, 3.05) is 43.4 Å². The van der Waals surface area contributed by atoms with Gasteiger partial charge in [-0.1, -0.05) is 31.8 Å². The second kappa shape index (κ2) is 13.0. The van der Waals surface area contributed by atoms with Gasteiger partial charge in [-0.2, -0.15) is 13.2 Å². The molecule has 0 saturated carbocycles. The first-order valence-corrected chi connectivity index (χ1v) is 18.5. The van der Waals surface area contributed by atoms with Gasteiger partial charge in [0.2, 0.25) is 5.91 Å². The van der Waals surface area contributed by atoms with E-state index in [0.29, 0.717) is 23.3 Å². The molecule has 1 unspecified atom stereocenters. The van der Waals surface area contributed by atoms with Crippen LogP contribution in [0.5, 0.6) is 0 Å². The number of carbonyl (C=O) groups excluding carboxylic acids is 2. The van der Waals surface area contributed by atoms with Crippen LogP contribution in [-0.4, -0.2) is 76.9 Å². The summed E-state index contributed by atoms with van der Waals surface area (Å²) in [6.45, 7) is 14.5. The molecule has 1 aromatic heterocycles. The van der Waals surface area contributed by atoms with Gasteiger partial charge in [0.1, 0.15) is 13.3 Å². The number of hydrogen-bond acceptors (Lipinski definition) is 7. The van der Waals surface area contributed by atoms with Crippen LogP contribution >= 0.6 is 0 Å². The Morgan fingerprint density at radius 3 is 2.31 bits per heavy atom. The molecule has 1 saturated heterocycles. The molecular formula is C30H42BF3N4O6Si. The lowest BCUT2D eigenvalue weighted by Gasteiger charge is -2.36. The molecule has 10 nitrogen and oxygen atoms in total. The van der Waals surface area contributed by atoms with Crippen molar-refractivity contribution < 1.29 is 41.5 Å². The van der Waals surface area contributed by atoms with Crippen LogP contribution in [0.15, 0.2) is 36.5 Å². The van der Waals surface area contributed by atoms with E-state index in [1.807, 2.05) is 27.7 Å². The molecule has 0 spiro atoms. The fourth-order valence-corrected chi connectivity index (χ4v) is 5.53. The van der Waals surface area contributed by atoms with Crippen molar-refractivity contribution in [3.63, 3.8) is 0 Å². The number of alkyl halides is 3. The number of methoxy groups -OCH3 is 1. The van der Waals surface area contributed by atoms with Crippen molar-refractivity contribution in [3.05, 3.63) is 47.7 Å². The Balaban J connectivity index is 1.63. The molecule has 15 heteroatoms. The molecule has 246 valence electrons. The number of fused-ring (bicyclic) bond motifs is 1. The number of pyridine rings is 1. The normalized spacial score (nSPS) is 18.6. The lowest BCUT2D eigenvalue weighted by molar-refractivity contribution is -0.137. The van der Waals surface area contributed by atoms with E-state index in [2.05, 4.69) is 29.9 Å². The molecular weight excluding hydrogens is 608 g/mol. The largest absolute Gasteiger partial charge is 0.496 e. The quantitative estimate of drug-likeness (QED) is 0.287. The van der Waals surface area contributed by atoms with E-state index in [-0.39, 0.29) is 25.7 Å². The predicted octanol–water partition coefficient (Wildman–Crippen LogP) is 4.96. The minimum Gasteiger partial charge on any atom is -0.399 e. The Morgan fingerprint density at radius 2 is 1.76 bits per heavy atom. The first kappa shape index (κ1) is 34.9. The minimum atomic E-state index is -4.49. The van der Waals surface area contributed by atoms with Gasteiger partial charge in [-0.05, 0) is 57.5 Å². The maximum atomic E-state index is 13.7. The number of urea groups is 1. The number of hydrogen-bond donors (Lipinski definition) is 1. The van der Waals surface area contributed by atoms with Crippen molar-refractivity contribution in [3.8, 4) is 0 Å². The van der Waals surface area contributed by atoms with Crippen LogP contribution < -0.4 is 20.6 Å². The molecule has 0 bridgehead atoms. The Morgan fingerprint density at radius 1 is 1.13 bits per heavy atom. The summed E-state index contributed by atoms with van der Waals surface area (Å²) in [6, 6.07) is 5.63. The van der Waals surface area contributed by atoms with E-state index in [4.69, 9.17) is 18.8 Å². The number of anilines is 2. The molecule has 1 fully saturated rings. The van der Waals surface area contributed by atoms with Crippen LogP contribution in [0.1, 0.15) is 44.9 Å². The van der Waals surface area contributed by atoms with E-state index in [0.717, 1.165) is 18.2 Å². The summed E-state index contributed by atoms with van der Waals surface area (Å²) in [7, 11) is -0.715. The molecule has 1 aromatic carbocycles. The van der Waals surface area contributed by atoms with E-state index in [1.165, 1.54) is 29.0 Å². The standard InChI is InChI=1S/C30H42BF3N4O6Si/c1-28(2)29(3,4)44-31(43-28)22-15-24-26(35-16-22)37(17-25(39)38(24)19-42-13-14-45(6,7)8)27(40)36-23(18-41-5)20-9-11-21(12-10-20)30(32,33)34/h9-12,15-16,23H,13-14,17-19H2,1-8H3,(H,36,40). The zero-order valence-corrected chi connectivity index (χ0v) is 28.1. The number of carbonyl (C=O) groups is 2. The zero-order valence-electron chi connectivity index (χ0n) is 27.1. The van der Waals surface area contributed by atoms with Gasteiger partial charge in [-0.25, -0.2) is 9.78 Å². The molecule has 0 radical (unpaired) electrons. The molecule has 45 heavy (non-hydrogen) atoms. The second-order valence-corrected chi connectivity index (χ2v) is 19.2. The van der Waals surface area contributed by atoms with Gasteiger partial charge in [0, 0.05) is 33.5 Å². The highest BCUT2D eigenvalue weighted by Crippen LogP contribution is 2.38. The number of benzene rings is 1. The Labute approximate surface area is 263 Å². The Bertz CT molecular complexity index is 1370. The number of ether oxygens (including phenoxy) is 2. The molecule has 2 aliphatic rings. The summed E-state index contributed by atoms with van der Waals surface area (Å²) in [5.41, 5.74) is -0.703. The Hall–Kier alpha value is -2.98. The van der Waals surface area contributed by atoms with Crippen LogP contribution in [0.3, 0.4) is 0 Å². The third-order valence-corrected chi connectivity index (χ3v) is 9.97. The van der Waals surface area contributed by atoms with E-state index < -0.39 is 56.1 Å². The van der Waals surface area contributed by atoms with Crippen LogP contribution in [0.25, 0.3) is 0 Å². The summed E-state index contributed by atoms with van der Waals surface area (Å²) in [4.78, 5) is 34.4. The SMILES string of the molecule is COCC(NC(=O)N1CC(=O)N(COCC[Si](C)(C)C)c2cc(B3OC(C)(C)C(C)(C)O3)cnc21)c1ccc(C(F)(F)F)cc1. The molecule has 1 atom stereocenters. The Kier molecular flexibility index (Phi) is 10.1. The molecule has 1 N–H and O–H groups in total. The van der Waals surface area contributed by atoms with E-state index >= 15 is 0 Å². The molecule has 2 aliphatic heterocycles. The monoisotopic (exact) mass is 650 g/mol. The second-order valence-electron chi connectivity index (χ2n) is 13.5. The highest BCUT2D eigenvalue weighted by Gasteiger charge is 2.52. The number of amides is 3. The third kappa shape index (κ3) is 8.06. The predicted molar refractivity (Wildman–Crippen MR) is 168 cm³/mol. The number of nitrogens with one attached hydrogen (secondary N) is 1. The molecule has 3 heterocycles. The maximum absolute atomic E-state index is 13.7. The highest BCUT2D eigenvalue weighted by atomic mass is 28.3. The van der Waals surface area contributed by atoms with Crippen molar-refractivity contribution >= 4 is 44.1 Å². The maximum Gasteiger partial charge on any atom is 0.496 e. The van der Waals surface area contributed by atoms with Gasteiger partial charge in [0.15, 0.2) is 5.82 Å². The average molecular weight is 651 g/mol. The topological polar surface area (TPSA) is 102 Å². The van der Waals surface area contributed by atoms with Gasteiger partial charge in [-0.3, -0.25) is 14.6 Å². The zero-order chi connectivity index (χ0) is 33.4. The van der Waals surface area contributed by atoms with Gasteiger partial charge >= 0.3 is 19.3 Å². The fraction of sp³-hybridized carbons (Fsp3) is 0.567. The summed E-state index contributed by atoms with van der Waals surface area (Å²) >= 11 is 0. The highest BCUT2D eigenvalue weighted by molar-refractivity contribution is 6.76. The fourth-order valence-electron chi connectivity index (χ4n) is 4.77. The lowest BCUT2D eigenvalue weighted by atomic mass is 9.80. The number of aromatic nitrogens is 1. The number of nitrogens with zero attached hydrogens (tertiary/aromatic N) is 3. The molecule has 2 aromatic rings. The summed E-state index contributed by atoms with van der Waals surface area (Å²) in [6.07, 6.45) is -2.95. The van der Waals surface area contributed by atoms with Crippen LogP contribution in [-0.2, 0) is 29.8 Å². The molecule has 0 aliphatic carbocycles. The lowest BCUT2D eigenvalue weighted by Crippen LogP contribution is -2.53. The van der Waals surface area contributed by atoms with Crippen molar-refractivity contribution in [2.24, 2.45) is 0 Å². The van der Waals surface area contributed by atoms with Gasteiger partial charge in [0.25, 0.3) is 0 Å². The van der Waals surface area contributed by atoms with E-state index in [9.17, 15) is 22.8 Å². The summed E-state index contributed by atoms with van der Waals surface area (Å²) in [5.74, 6) is -0.180. The first-order chi connectivity index (χ1) is 20.8. The average Bonchev–Trinajstić information content (AvgIpc) is 3.16. The smallest absolute Gasteiger partial charge is 0.399 e. The summed E-state index contributed by atoms with van der Waals surface area (Å²) in [5, 5.41) is 2.79. The van der Waals surface area contributed by atoms with Crippen LogP contribution in [0.2, 0.25) is 25.7 Å². The minimum absolute atomic E-state index is 0.0168. The van der Waals surface area contributed by atoms with Gasteiger partial charge < -0.3 is 24.1 Å². The molecule has 3 amide bonds. The van der Waals surface area contributed by atoms with Crippen LogP contribution in [0.4, 0.5) is 29.5 Å². The third-order valence-electron chi connectivity index (χ3n) is 8.27. The van der Waals surface area contributed by atoms with Crippen molar-refractivity contribution in [1.29, 1.82) is 0 Å². The van der Waals surface area contributed by atoms with Crippen molar-refractivity contribution in [2.45, 2.75) is 76.8 Å². The number of halogens is 3. The molecule has 4 rings (SSSR count). The van der Waals surface area contributed by atoms with Gasteiger partial charge in [0.05, 0.1) is 35.1 Å². The van der Waals surface area contributed by atoms with Gasteiger partial charge in [-0.15, -0.1) is 0 Å².